The Balaban J connectivity index is 1.55. The molecule has 4 aliphatic rings. The molecular weight excluding hydrogens is 392 g/mol. The molecule has 4 bridgehead atoms. The summed E-state index contributed by atoms with van der Waals surface area (Å²) in [6.07, 6.45) is 7.78. The molecule has 0 spiro atoms. The van der Waals surface area contributed by atoms with Crippen molar-refractivity contribution in [3.8, 4) is 0 Å². The smallest absolute Gasteiger partial charge is 0.199 e. The lowest BCUT2D eigenvalue weighted by Gasteiger charge is -2.57. The van der Waals surface area contributed by atoms with Gasteiger partial charge in [-0.1, -0.05) is 32.9 Å². The standard InChI is InChI=1S/C25H34N2O2S/c1-16-23(25-13-18-10-19(14-25)12-20(11-18)15-25)17(2)27(26-16)30(28,29)22-8-6-21(7-9-22)24(3,4)5/h6-9,18-20H,10-15H2,1-5H3. The van der Waals surface area contributed by atoms with E-state index in [4.69, 9.17) is 0 Å². The fourth-order valence-corrected chi connectivity index (χ4v) is 8.63. The predicted octanol–water partition coefficient (Wildman–Crippen LogP) is 5.50. The maximum atomic E-state index is 13.5. The van der Waals surface area contributed by atoms with Crippen molar-refractivity contribution in [3.63, 3.8) is 0 Å². The maximum Gasteiger partial charge on any atom is 0.283 e. The van der Waals surface area contributed by atoms with Gasteiger partial charge in [-0.2, -0.15) is 17.6 Å². The Morgan fingerprint density at radius 1 is 0.933 bits per heavy atom. The minimum absolute atomic E-state index is 0.00776. The molecular formula is C25H34N2O2S. The molecule has 4 saturated carbocycles. The lowest BCUT2D eigenvalue weighted by Crippen LogP contribution is -2.49. The topological polar surface area (TPSA) is 52.0 Å². The molecule has 2 aromatic rings. The summed E-state index contributed by atoms with van der Waals surface area (Å²) in [5.41, 5.74) is 4.23. The number of rotatable bonds is 3. The number of hydrogen-bond donors (Lipinski definition) is 0. The van der Waals surface area contributed by atoms with Gasteiger partial charge in [-0.3, -0.25) is 0 Å². The van der Waals surface area contributed by atoms with Crippen LogP contribution in [0.3, 0.4) is 0 Å². The maximum absolute atomic E-state index is 13.5. The van der Waals surface area contributed by atoms with Crippen molar-refractivity contribution in [3.05, 3.63) is 46.8 Å². The van der Waals surface area contributed by atoms with E-state index < -0.39 is 10.0 Å². The van der Waals surface area contributed by atoms with Crippen LogP contribution in [0, 0.1) is 31.6 Å². The molecule has 1 aromatic heterocycles. The predicted molar refractivity (Wildman–Crippen MR) is 119 cm³/mol. The van der Waals surface area contributed by atoms with Crippen molar-refractivity contribution in [1.82, 2.24) is 9.19 Å². The first-order valence-electron chi connectivity index (χ1n) is 11.4. The number of aryl methyl sites for hydroxylation is 1. The van der Waals surface area contributed by atoms with Crippen LogP contribution in [0.2, 0.25) is 0 Å². The van der Waals surface area contributed by atoms with Crippen LogP contribution in [0.25, 0.3) is 0 Å². The summed E-state index contributed by atoms with van der Waals surface area (Å²) in [5, 5.41) is 4.62. The molecule has 5 heteroatoms. The Labute approximate surface area is 181 Å². The van der Waals surface area contributed by atoms with Gasteiger partial charge in [0, 0.05) is 5.56 Å². The van der Waals surface area contributed by atoms with Crippen molar-refractivity contribution in [2.45, 2.75) is 88.9 Å². The second kappa shape index (κ2) is 6.44. The normalized spacial score (nSPS) is 30.8. The van der Waals surface area contributed by atoms with Crippen LogP contribution in [-0.2, 0) is 20.9 Å². The number of hydrogen-bond acceptors (Lipinski definition) is 3. The second-order valence-electron chi connectivity index (χ2n) is 11.4. The summed E-state index contributed by atoms with van der Waals surface area (Å²) in [7, 11) is -3.70. The summed E-state index contributed by atoms with van der Waals surface area (Å²) in [5.74, 6) is 2.46. The summed E-state index contributed by atoms with van der Waals surface area (Å²) >= 11 is 0. The molecule has 0 radical (unpaired) electrons. The Morgan fingerprint density at radius 2 is 1.43 bits per heavy atom. The van der Waals surface area contributed by atoms with Gasteiger partial charge in [0.25, 0.3) is 10.0 Å². The monoisotopic (exact) mass is 426 g/mol. The summed E-state index contributed by atoms with van der Waals surface area (Å²) in [6, 6.07) is 7.32. The first-order valence-corrected chi connectivity index (χ1v) is 12.9. The van der Waals surface area contributed by atoms with Gasteiger partial charge in [0.2, 0.25) is 0 Å². The first-order chi connectivity index (χ1) is 14.0. The van der Waals surface area contributed by atoms with E-state index >= 15 is 0 Å². The highest BCUT2D eigenvalue weighted by Crippen LogP contribution is 2.61. The van der Waals surface area contributed by atoms with Gasteiger partial charge in [-0.05, 0) is 98.7 Å². The van der Waals surface area contributed by atoms with Crippen LogP contribution in [0.5, 0.6) is 0 Å². The van der Waals surface area contributed by atoms with E-state index in [9.17, 15) is 8.42 Å². The van der Waals surface area contributed by atoms with Crippen LogP contribution < -0.4 is 0 Å². The molecule has 4 aliphatic carbocycles. The lowest BCUT2D eigenvalue weighted by molar-refractivity contribution is -0.00574. The molecule has 162 valence electrons. The lowest BCUT2D eigenvalue weighted by atomic mass is 9.48. The van der Waals surface area contributed by atoms with Gasteiger partial charge in [0.15, 0.2) is 0 Å². The largest absolute Gasteiger partial charge is 0.283 e. The van der Waals surface area contributed by atoms with Crippen LogP contribution in [0.1, 0.15) is 81.8 Å². The first kappa shape index (κ1) is 20.3. The van der Waals surface area contributed by atoms with Crippen LogP contribution in [0.4, 0.5) is 0 Å². The van der Waals surface area contributed by atoms with E-state index in [2.05, 4.69) is 25.9 Å². The van der Waals surface area contributed by atoms with Crippen molar-refractivity contribution in [2.75, 3.05) is 0 Å². The van der Waals surface area contributed by atoms with Crippen molar-refractivity contribution in [1.29, 1.82) is 0 Å². The van der Waals surface area contributed by atoms with Crippen molar-refractivity contribution < 1.29 is 8.42 Å². The van der Waals surface area contributed by atoms with Gasteiger partial charge in [-0.15, -0.1) is 0 Å². The number of aromatic nitrogens is 2. The minimum Gasteiger partial charge on any atom is -0.199 e. The Morgan fingerprint density at radius 3 is 1.90 bits per heavy atom. The molecule has 6 rings (SSSR count). The zero-order valence-corrected chi connectivity index (χ0v) is 19.7. The van der Waals surface area contributed by atoms with Crippen LogP contribution in [0.15, 0.2) is 29.2 Å². The number of benzene rings is 1. The van der Waals surface area contributed by atoms with Crippen LogP contribution in [-0.4, -0.2) is 17.6 Å². The number of nitrogens with zero attached hydrogens (tertiary/aromatic N) is 2. The molecule has 0 aliphatic heterocycles. The zero-order valence-electron chi connectivity index (χ0n) is 18.9. The summed E-state index contributed by atoms with van der Waals surface area (Å²) in [4.78, 5) is 0.318. The third kappa shape index (κ3) is 2.99. The molecule has 4 fully saturated rings. The average molecular weight is 427 g/mol. The summed E-state index contributed by atoms with van der Waals surface area (Å²) in [6.45, 7) is 10.4. The Hall–Kier alpha value is -1.62. The third-order valence-electron chi connectivity index (χ3n) is 8.07. The molecule has 30 heavy (non-hydrogen) atoms. The van der Waals surface area contributed by atoms with Gasteiger partial charge in [-0.25, -0.2) is 0 Å². The quantitative estimate of drug-likeness (QED) is 0.651. The third-order valence-corrected chi connectivity index (χ3v) is 9.74. The molecule has 0 unspecified atom stereocenters. The molecule has 0 amide bonds. The fraction of sp³-hybridized carbons (Fsp3) is 0.640. The van der Waals surface area contributed by atoms with E-state index in [0.29, 0.717) is 4.90 Å². The average Bonchev–Trinajstić information content (AvgIpc) is 2.95. The second-order valence-corrected chi connectivity index (χ2v) is 13.1. The Bertz CT molecular complexity index is 1050. The van der Waals surface area contributed by atoms with Gasteiger partial charge < -0.3 is 0 Å². The zero-order chi connectivity index (χ0) is 21.5. The van der Waals surface area contributed by atoms with E-state index in [0.717, 1.165) is 34.7 Å². The van der Waals surface area contributed by atoms with E-state index in [1.807, 2.05) is 26.0 Å². The highest BCUT2D eigenvalue weighted by molar-refractivity contribution is 7.89. The Kier molecular flexibility index (Phi) is 4.36. The molecule has 0 N–H and O–H groups in total. The highest BCUT2D eigenvalue weighted by atomic mass is 32.2. The molecule has 4 nitrogen and oxygen atoms in total. The van der Waals surface area contributed by atoms with Gasteiger partial charge in [0.1, 0.15) is 0 Å². The van der Waals surface area contributed by atoms with Gasteiger partial charge in [0.05, 0.1) is 16.3 Å². The molecule has 0 atom stereocenters. The van der Waals surface area contributed by atoms with E-state index in [-0.39, 0.29) is 10.8 Å². The summed E-state index contributed by atoms with van der Waals surface area (Å²) < 4.78 is 28.3. The van der Waals surface area contributed by atoms with Crippen molar-refractivity contribution >= 4 is 10.0 Å². The van der Waals surface area contributed by atoms with Crippen LogP contribution >= 0.6 is 0 Å². The molecule has 1 aromatic carbocycles. The molecule has 1 heterocycles. The molecule has 0 saturated heterocycles. The SMILES string of the molecule is Cc1nn(S(=O)(=O)c2ccc(C(C)(C)C)cc2)c(C)c1C12CC3CC(CC(C3)C1)C2. The van der Waals surface area contributed by atoms with Crippen molar-refractivity contribution in [2.24, 2.45) is 17.8 Å². The minimum atomic E-state index is -3.70. The van der Waals surface area contributed by atoms with E-state index in [1.54, 1.807) is 12.1 Å². The van der Waals surface area contributed by atoms with Gasteiger partial charge >= 0.3 is 0 Å². The fourth-order valence-electron chi connectivity index (χ4n) is 7.26. The van der Waals surface area contributed by atoms with E-state index in [1.165, 1.54) is 48.2 Å². The highest BCUT2D eigenvalue weighted by Gasteiger charge is 2.53.